The van der Waals surface area contributed by atoms with Crippen LogP contribution in [0.2, 0.25) is 0 Å². The Bertz CT molecular complexity index is 1190. The minimum Gasteiger partial charge on any atom is -0.319 e. The predicted molar refractivity (Wildman–Crippen MR) is 126 cm³/mol. The number of para-hydroxylation sites is 1. The molecule has 1 atom stereocenters. The number of piperidine rings is 1. The van der Waals surface area contributed by atoms with Gasteiger partial charge < -0.3 is 5.32 Å². The lowest BCUT2D eigenvalue weighted by atomic mass is 10.2. The lowest BCUT2D eigenvalue weighted by Crippen LogP contribution is -2.57. The van der Waals surface area contributed by atoms with Crippen molar-refractivity contribution in [1.82, 2.24) is 9.73 Å². The van der Waals surface area contributed by atoms with E-state index in [9.17, 15) is 18.0 Å². The Kier molecular flexibility index (Phi) is 6.48. The number of carbonyl (C=O) groups is 2. The number of carbonyl (C=O) groups excluding carboxylic acids is 2. The van der Waals surface area contributed by atoms with Crippen LogP contribution in [0, 0.1) is 6.92 Å². The van der Waals surface area contributed by atoms with Crippen molar-refractivity contribution < 1.29 is 18.0 Å². The molecule has 33 heavy (non-hydrogen) atoms. The van der Waals surface area contributed by atoms with E-state index in [4.69, 9.17) is 0 Å². The maximum Gasteiger partial charge on any atom is 0.292 e. The lowest BCUT2D eigenvalue weighted by molar-refractivity contribution is -0.120. The number of benzene rings is 2. The number of amidine groups is 1. The smallest absolute Gasteiger partial charge is 0.292 e. The summed E-state index contributed by atoms with van der Waals surface area (Å²) >= 11 is 0. The summed E-state index contributed by atoms with van der Waals surface area (Å²) in [5.74, 6) is -0.893. The molecule has 4 rings (SSSR count). The zero-order valence-electron chi connectivity index (χ0n) is 18.6. The topological polar surface area (TPSA) is 111 Å². The second-order valence-corrected chi connectivity index (χ2v) is 10.1. The van der Waals surface area contributed by atoms with Crippen LogP contribution in [0.1, 0.15) is 31.7 Å². The van der Waals surface area contributed by atoms with E-state index in [2.05, 4.69) is 15.7 Å². The van der Waals surface area contributed by atoms with Gasteiger partial charge in [-0.05, 0) is 56.5 Å². The second-order valence-electron chi connectivity index (χ2n) is 8.17. The van der Waals surface area contributed by atoms with Gasteiger partial charge in [0.25, 0.3) is 11.8 Å². The average molecular weight is 470 g/mol. The van der Waals surface area contributed by atoms with E-state index in [0.29, 0.717) is 30.0 Å². The van der Waals surface area contributed by atoms with Gasteiger partial charge in [0.2, 0.25) is 15.9 Å². The molecule has 1 unspecified atom stereocenters. The van der Waals surface area contributed by atoms with Crippen LogP contribution < -0.4 is 15.8 Å². The molecular weight excluding hydrogens is 442 g/mol. The van der Waals surface area contributed by atoms with Gasteiger partial charge in [-0.2, -0.15) is 4.31 Å². The predicted octanol–water partition coefficient (Wildman–Crippen LogP) is 2.45. The number of anilines is 2. The minimum absolute atomic E-state index is 0.0352. The van der Waals surface area contributed by atoms with Crippen LogP contribution >= 0.6 is 0 Å². The van der Waals surface area contributed by atoms with Crippen LogP contribution in [-0.4, -0.2) is 49.5 Å². The van der Waals surface area contributed by atoms with Crippen LogP contribution in [0.25, 0.3) is 0 Å². The summed E-state index contributed by atoms with van der Waals surface area (Å²) in [5.41, 5.74) is 4.30. The van der Waals surface area contributed by atoms with E-state index < -0.39 is 22.0 Å². The Hall–Kier alpha value is -3.24. The molecule has 10 heteroatoms. The van der Waals surface area contributed by atoms with Gasteiger partial charge in [-0.1, -0.05) is 30.7 Å². The molecule has 2 aliphatic heterocycles. The SMILES string of the molecule is Cc1ccc(NC(=O)C2=NC(C)C(=O)N(c3ccccc3)N2)cc1S(=O)(=O)N1CCCCC1. The molecule has 1 fully saturated rings. The van der Waals surface area contributed by atoms with Crippen molar-refractivity contribution in [3.05, 3.63) is 54.1 Å². The zero-order valence-corrected chi connectivity index (χ0v) is 19.4. The quantitative estimate of drug-likeness (QED) is 0.699. The van der Waals surface area contributed by atoms with Gasteiger partial charge >= 0.3 is 0 Å². The third kappa shape index (κ3) is 4.76. The standard InChI is InChI=1S/C23H27N5O4S/c1-16-11-12-18(15-20(16)33(31,32)27-13-7-4-8-14-27)25-22(29)21-24-17(2)23(30)28(26-21)19-9-5-3-6-10-19/h3,5-6,9-12,15,17H,4,7-8,13-14H2,1-2H3,(H,24,26)(H,25,29). The van der Waals surface area contributed by atoms with E-state index in [-0.39, 0.29) is 16.6 Å². The molecule has 2 aromatic carbocycles. The molecule has 0 saturated carbocycles. The molecular formula is C23H27N5O4S. The zero-order chi connectivity index (χ0) is 23.6. The molecule has 2 aromatic rings. The fourth-order valence-corrected chi connectivity index (χ4v) is 5.66. The van der Waals surface area contributed by atoms with Gasteiger partial charge in [0.1, 0.15) is 6.04 Å². The number of aliphatic imine (C=N–C) groups is 1. The first-order valence-corrected chi connectivity index (χ1v) is 12.4. The maximum absolute atomic E-state index is 13.2. The molecule has 0 aliphatic carbocycles. The number of amides is 2. The number of nitrogens with one attached hydrogen (secondary N) is 2. The summed E-state index contributed by atoms with van der Waals surface area (Å²) in [4.78, 5) is 29.8. The first kappa shape index (κ1) is 22.9. The van der Waals surface area contributed by atoms with Crippen LogP contribution in [0.15, 0.2) is 58.4 Å². The normalized spacial score (nSPS) is 19.6. The van der Waals surface area contributed by atoms with Gasteiger partial charge in [0.05, 0.1) is 10.6 Å². The highest BCUT2D eigenvalue weighted by Crippen LogP contribution is 2.26. The van der Waals surface area contributed by atoms with E-state index in [1.807, 2.05) is 6.07 Å². The Morgan fingerprint density at radius 1 is 1.09 bits per heavy atom. The van der Waals surface area contributed by atoms with Crippen molar-refractivity contribution in [2.24, 2.45) is 4.99 Å². The van der Waals surface area contributed by atoms with Crippen molar-refractivity contribution >= 4 is 39.0 Å². The number of aryl methyl sites for hydroxylation is 1. The summed E-state index contributed by atoms with van der Waals surface area (Å²) in [6.07, 6.45) is 2.71. The largest absolute Gasteiger partial charge is 0.319 e. The first-order valence-electron chi connectivity index (χ1n) is 10.9. The lowest BCUT2D eigenvalue weighted by Gasteiger charge is -2.30. The van der Waals surface area contributed by atoms with Crippen molar-refractivity contribution in [2.45, 2.75) is 44.0 Å². The van der Waals surface area contributed by atoms with Crippen molar-refractivity contribution in [3.63, 3.8) is 0 Å². The Morgan fingerprint density at radius 2 is 1.79 bits per heavy atom. The van der Waals surface area contributed by atoms with Crippen LogP contribution in [0.4, 0.5) is 11.4 Å². The molecule has 0 aromatic heterocycles. The molecule has 174 valence electrons. The van der Waals surface area contributed by atoms with Crippen molar-refractivity contribution in [1.29, 1.82) is 0 Å². The minimum atomic E-state index is -3.65. The molecule has 1 saturated heterocycles. The number of sulfonamides is 1. The highest BCUT2D eigenvalue weighted by Gasteiger charge is 2.31. The van der Waals surface area contributed by atoms with Gasteiger partial charge in [0.15, 0.2) is 0 Å². The van der Waals surface area contributed by atoms with Crippen LogP contribution in [-0.2, 0) is 19.6 Å². The summed E-state index contributed by atoms with van der Waals surface area (Å²) in [6.45, 7) is 4.35. The fraction of sp³-hybridized carbons (Fsp3) is 0.348. The summed E-state index contributed by atoms with van der Waals surface area (Å²) < 4.78 is 27.8. The van der Waals surface area contributed by atoms with E-state index in [1.54, 1.807) is 50.2 Å². The number of hydrazine groups is 1. The number of hydrogen-bond donors (Lipinski definition) is 2. The molecule has 2 heterocycles. The Balaban J connectivity index is 1.55. The van der Waals surface area contributed by atoms with Gasteiger partial charge in [-0.25, -0.2) is 18.4 Å². The van der Waals surface area contributed by atoms with Crippen molar-refractivity contribution in [2.75, 3.05) is 23.4 Å². The molecule has 2 N–H and O–H groups in total. The molecule has 0 bridgehead atoms. The Morgan fingerprint density at radius 3 is 2.48 bits per heavy atom. The molecule has 9 nitrogen and oxygen atoms in total. The molecule has 2 aliphatic rings. The van der Waals surface area contributed by atoms with Gasteiger partial charge in [0, 0.05) is 18.8 Å². The van der Waals surface area contributed by atoms with E-state index in [1.165, 1.54) is 15.4 Å². The fourth-order valence-electron chi connectivity index (χ4n) is 3.89. The van der Waals surface area contributed by atoms with Gasteiger partial charge in [-0.15, -0.1) is 0 Å². The van der Waals surface area contributed by atoms with Gasteiger partial charge in [-0.3, -0.25) is 15.0 Å². The molecule has 0 spiro atoms. The van der Waals surface area contributed by atoms with E-state index >= 15 is 0 Å². The highest BCUT2D eigenvalue weighted by molar-refractivity contribution is 7.89. The first-order chi connectivity index (χ1) is 15.8. The Labute approximate surface area is 193 Å². The number of nitrogens with zero attached hydrogens (tertiary/aromatic N) is 3. The van der Waals surface area contributed by atoms with Crippen molar-refractivity contribution in [3.8, 4) is 0 Å². The van der Waals surface area contributed by atoms with Crippen LogP contribution in [0.5, 0.6) is 0 Å². The maximum atomic E-state index is 13.2. The monoisotopic (exact) mass is 469 g/mol. The summed E-state index contributed by atoms with van der Waals surface area (Å²) in [6, 6.07) is 12.9. The third-order valence-corrected chi connectivity index (χ3v) is 7.77. The van der Waals surface area contributed by atoms with Crippen LogP contribution in [0.3, 0.4) is 0 Å². The number of rotatable bonds is 5. The number of hydrogen-bond acceptors (Lipinski definition) is 6. The molecule has 2 amide bonds. The summed E-state index contributed by atoms with van der Waals surface area (Å²) in [7, 11) is -3.65. The second kappa shape index (κ2) is 9.32. The third-order valence-electron chi connectivity index (χ3n) is 5.73. The highest BCUT2D eigenvalue weighted by atomic mass is 32.2. The summed E-state index contributed by atoms with van der Waals surface area (Å²) in [5, 5.41) is 3.99. The van der Waals surface area contributed by atoms with E-state index in [0.717, 1.165) is 19.3 Å². The molecule has 0 radical (unpaired) electrons. The average Bonchev–Trinajstić information content (AvgIpc) is 2.83.